The Balaban J connectivity index is 1.28. The number of carbonyl (C=O) groups excluding carboxylic acids is 9. The van der Waals surface area contributed by atoms with Crippen LogP contribution in [-0.2, 0) is 65.5 Å². The number of hydrogen-bond donors (Lipinski definition) is 19. The lowest BCUT2D eigenvalue weighted by Crippen LogP contribution is -2.61. The fraction of sp³-hybridized carbons (Fsp3) is 0.755. The largest absolute Gasteiger partial charge is 0.394 e. The number of unbranched alkanes of at least 4 members (excludes halogenated alkanes) is 1. The molecule has 35 heteroatoms. The highest BCUT2D eigenvalue weighted by Gasteiger charge is 2.42. The molecule has 0 spiro atoms. The van der Waals surface area contributed by atoms with E-state index >= 15 is 0 Å². The van der Waals surface area contributed by atoms with Crippen LogP contribution in [0, 0.1) is 10.8 Å². The molecular weight excluding hydrogens is 1170 g/mol. The second-order valence-electron chi connectivity index (χ2n) is 21.7. The predicted molar refractivity (Wildman–Crippen MR) is 322 cm³/mol. The molecule has 1 aromatic rings. The molecule has 0 aliphatic carbocycles. The SMILES string of the molecule is C[C@@H]1NC(=O)[C@H](CCCNC(=N)N)NC(=O)[C@H](CCCNC(=N)N)NC(=O)[C@@H](N)Cc2cn(nn2)CCCC[C@@H](C(=O)NCCCOCCOCCOCCCNC(=O)CCCCC2SC[C@H]3NC(=O)N[C@@H]23)NC(=O)[C@H](CO)NC(=O)[C@H]([C@@H](C)O)NC1=O. The Morgan fingerprint density at radius 1 is 0.693 bits per heavy atom. The maximum absolute atomic E-state index is 13.9. The van der Waals surface area contributed by atoms with Gasteiger partial charge in [0, 0.05) is 76.0 Å². The number of hydrogen-bond acceptors (Lipinski definition) is 20. The number of aliphatic hydroxyl groups is 2. The van der Waals surface area contributed by atoms with E-state index in [1.54, 1.807) is 6.20 Å². The Bertz CT molecular complexity index is 2430. The molecule has 2 saturated heterocycles. The number of guanidine groups is 2. The van der Waals surface area contributed by atoms with E-state index < -0.39 is 96.4 Å². The molecule has 10 amide bonds. The highest BCUT2D eigenvalue weighted by Crippen LogP contribution is 2.33. The standard InChI is InChI=1S/C53H94N20O14S/c1-31-44(77)69-42(32(2)75)50(83)67-38(29-74)49(82)65-35(46(79)60-19-10-22-86-24-26-87-25-23-85-21-9-18-59-41(76)15-4-3-14-40-43-39(30-88-40)68-53(84)70-43)11-5-6-20-73-28-33(71-72-73)27-34(54)45(78)64-37(13-8-17-62-52(57)58)48(81)66-36(47(80)63-31)12-7-16-61-51(55)56/h28,31-32,34-40,42-43,74-75H,3-27,29-30,54H2,1-2H3,(H,59,76)(H,60,79)(H,63,80)(H,64,78)(H,65,82)(H,66,81)(H,67,83)(H,69,77)(H4,55,56,61)(H4,57,58,62)(H2,68,70,84)/t31-,32+,34-,35-,36-,37-,38-,39+,40?,42-,43+/m0/s1. The molecule has 3 aliphatic rings. The number of nitrogens with two attached hydrogens (primary N) is 3. The Morgan fingerprint density at radius 2 is 1.27 bits per heavy atom. The highest BCUT2D eigenvalue weighted by atomic mass is 32.2. The molecule has 0 aromatic carbocycles. The third-order valence-corrected chi connectivity index (χ3v) is 15.9. The van der Waals surface area contributed by atoms with Crippen molar-refractivity contribution in [2.75, 3.05) is 78.2 Å². The van der Waals surface area contributed by atoms with E-state index in [0.29, 0.717) is 76.0 Å². The molecule has 4 rings (SSSR count). The van der Waals surface area contributed by atoms with Crippen LogP contribution in [0.1, 0.15) is 103 Å². The molecule has 22 N–H and O–H groups in total. The zero-order valence-corrected chi connectivity index (χ0v) is 51.1. The molecule has 3 aliphatic heterocycles. The van der Waals surface area contributed by atoms with E-state index in [4.69, 9.17) is 42.2 Å². The topological polar surface area (TPSA) is 523 Å². The summed E-state index contributed by atoms with van der Waals surface area (Å²) in [6, 6.07) is -9.57. The number of nitrogens with zero attached hydrogens (tertiary/aromatic N) is 3. The van der Waals surface area contributed by atoms with Crippen LogP contribution in [0.25, 0.3) is 0 Å². The van der Waals surface area contributed by atoms with Crippen molar-refractivity contribution in [3.05, 3.63) is 11.9 Å². The molecule has 1 unspecified atom stereocenters. The Kier molecular flexibility index (Phi) is 33.6. The number of rotatable bonds is 30. The van der Waals surface area contributed by atoms with Gasteiger partial charge in [0.1, 0.15) is 36.3 Å². The number of aliphatic hydroxyl groups excluding tert-OH is 2. The quantitative estimate of drug-likeness (QED) is 0.0148. The van der Waals surface area contributed by atoms with Gasteiger partial charge in [-0.25, -0.2) is 4.79 Å². The van der Waals surface area contributed by atoms with Gasteiger partial charge >= 0.3 is 6.03 Å². The Morgan fingerprint density at radius 3 is 1.90 bits per heavy atom. The highest BCUT2D eigenvalue weighted by molar-refractivity contribution is 8.00. The summed E-state index contributed by atoms with van der Waals surface area (Å²) in [5.74, 6) is -5.76. The summed E-state index contributed by atoms with van der Waals surface area (Å²) in [5, 5.41) is 76.4. The maximum atomic E-state index is 13.9. The summed E-state index contributed by atoms with van der Waals surface area (Å²) in [4.78, 5) is 120. The van der Waals surface area contributed by atoms with Gasteiger partial charge in [0.05, 0.1) is 63.0 Å². The molecular formula is C53H94N20O14S. The zero-order chi connectivity index (χ0) is 64.4. The van der Waals surface area contributed by atoms with Crippen LogP contribution in [0.5, 0.6) is 0 Å². The van der Waals surface area contributed by atoms with Gasteiger partial charge in [-0.15, -0.1) is 5.10 Å². The minimum atomic E-state index is -1.74. The zero-order valence-electron chi connectivity index (χ0n) is 50.3. The third kappa shape index (κ3) is 27.9. The van der Waals surface area contributed by atoms with Crippen LogP contribution in [0.15, 0.2) is 6.20 Å². The minimum absolute atomic E-state index is 0.00594. The van der Waals surface area contributed by atoms with Gasteiger partial charge in [-0.3, -0.25) is 53.9 Å². The molecule has 2 fully saturated rings. The fourth-order valence-corrected chi connectivity index (χ4v) is 11.0. The van der Waals surface area contributed by atoms with Gasteiger partial charge in [-0.2, -0.15) is 11.8 Å². The lowest BCUT2D eigenvalue weighted by Gasteiger charge is -2.27. The molecule has 2 bridgehead atoms. The summed E-state index contributed by atoms with van der Waals surface area (Å²) in [6.45, 7) is 4.70. The summed E-state index contributed by atoms with van der Waals surface area (Å²) < 4.78 is 18.4. The Hall–Kier alpha value is -7.18. The van der Waals surface area contributed by atoms with Gasteiger partial charge < -0.3 is 105 Å². The first kappa shape index (κ1) is 73.3. The summed E-state index contributed by atoms with van der Waals surface area (Å²) in [7, 11) is 0. The van der Waals surface area contributed by atoms with Crippen molar-refractivity contribution in [1.82, 2.24) is 78.8 Å². The molecule has 4 heterocycles. The van der Waals surface area contributed by atoms with Crippen molar-refractivity contribution in [2.45, 2.75) is 176 Å². The minimum Gasteiger partial charge on any atom is -0.394 e. The number of aromatic nitrogens is 3. The van der Waals surface area contributed by atoms with Crippen molar-refractivity contribution in [3.63, 3.8) is 0 Å². The third-order valence-electron chi connectivity index (χ3n) is 14.4. The maximum Gasteiger partial charge on any atom is 0.315 e. The summed E-state index contributed by atoms with van der Waals surface area (Å²) in [5.41, 5.74) is 17.5. The lowest BCUT2D eigenvalue weighted by atomic mass is 10.0. The number of fused-ring (bicyclic) bond motifs is 3. The average molecular weight is 1270 g/mol. The fourth-order valence-electron chi connectivity index (χ4n) is 9.50. The van der Waals surface area contributed by atoms with Crippen LogP contribution in [0.3, 0.4) is 0 Å². The van der Waals surface area contributed by atoms with Crippen LogP contribution >= 0.6 is 11.8 Å². The van der Waals surface area contributed by atoms with Crippen LogP contribution in [0.2, 0.25) is 0 Å². The van der Waals surface area contributed by atoms with Crippen LogP contribution in [-0.4, -0.2) is 234 Å². The number of aryl methyl sites for hydroxylation is 1. The number of urea groups is 1. The summed E-state index contributed by atoms with van der Waals surface area (Å²) in [6.07, 6.45) is 5.23. The summed E-state index contributed by atoms with van der Waals surface area (Å²) >= 11 is 1.87. The first-order valence-corrected chi connectivity index (χ1v) is 31.1. The van der Waals surface area contributed by atoms with Crippen molar-refractivity contribution >= 4 is 77.0 Å². The molecule has 1 aromatic heterocycles. The predicted octanol–water partition coefficient (Wildman–Crippen LogP) is -6.05. The van der Waals surface area contributed by atoms with Crippen molar-refractivity contribution in [1.29, 1.82) is 10.8 Å². The van der Waals surface area contributed by atoms with E-state index in [1.807, 2.05) is 11.8 Å². The first-order valence-electron chi connectivity index (χ1n) is 30.0. The second kappa shape index (κ2) is 40.4. The number of ether oxygens (including phenoxy) is 3. The smallest absolute Gasteiger partial charge is 0.315 e. The molecule has 496 valence electrons. The van der Waals surface area contributed by atoms with E-state index in [-0.39, 0.29) is 114 Å². The van der Waals surface area contributed by atoms with Crippen molar-refractivity contribution < 1.29 is 67.6 Å². The molecule has 88 heavy (non-hydrogen) atoms. The van der Waals surface area contributed by atoms with Gasteiger partial charge in [0.2, 0.25) is 47.3 Å². The van der Waals surface area contributed by atoms with E-state index in [1.165, 1.54) is 18.5 Å². The van der Waals surface area contributed by atoms with Crippen molar-refractivity contribution in [3.8, 4) is 0 Å². The van der Waals surface area contributed by atoms with Gasteiger partial charge in [-0.1, -0.05) is 11.6 Å². The second-order valence-corrected chi connectivity index (χ2v) is 23.0. The molecule has 0 radical (unpaired) electrons. The number of carbonyl (C=O) groups is 9. The lowest BCUT2D eigenvalue weighted by molar-refractivity contribution is -0.137. The monoisotopic (exact) mass is 1270 g/mol. The van der Waals surface area contributed by atoms with Crippen LogP contribution in [0.4, 0.5) is 4.79 Å². The van der Waals surface area contributed by atoms with Crippen LogP contribution < -0.4 is 81.0 Å². The van der Waals surface area contributed by atoms with Crippen molar-refractivity contribution in [2.24, 2.45) is 17.2 Å². The van der Waals surface area contributed by atoms with E-state index in [9.17, 15) is 53.4 Å². The Labute approximate surface area is 515 Å². The number of thioether (sulfide) groups is 1. The number of amides is 10. The number of nitrogens with one attached hydrogen (secondary N) is 14. The molecule has 34 nitrogen and oxygen atoms in total. The normalized spacial score (nSPS) is 24.7. The van der Waals surface area contributed by atoms with E-state index in [2.05, 4.69) is 74.1 Å². The first-order chi connectivity index (χ1) is 42.1. The molecule has 11 atom stereocenters. The van der Waals surface area contributed by atoms with Gasteiger partial charge in [-0.05, 0) is 84.5 Å². The van der Waals surface area contributed by atoms with E-state index in [0.717, 1.165) is 25.0 Å². The van der Waals surface area contributed by atoms with Gasteiger partial charge in [0.15, 0.2) is 11.9 Å². The van der Waals surface area contributed by atoms with Gasteiger partial charge in [0.25, 0.3) is 0 Å². The molecule has 0 saturated carbocycles. The average Bonchev–Trinajstić information content (AvgIpc) is 4.28.